The van der Waals surface area contributed by atoms with Gasteiger partial charge in [-0.2, -0.15) is 0 Å². The van der Waals surface area contributed by atoms with Gasteiger partial charge in [0.1, 0.15) is 0 Å². The van der Waals surface area contributed by atoms with E-state index in [1.807, 2.05) is 0 Å². The van der Waals surface area contributed by atoms with E-state index in [0.29, 0.717) is 32.2 Å². The van der Waals surface area contributed by atoms with Crippen molar-refractivity contribution in [2.24, 2.45) is 0 Å². The third-order valence-electron chi connectivity index (χ3n) is 3.39. The summed E-state index contributed by atoms with van der Waals surface area (Å²) in [6, 6.07) is 0.357. The first-order valence-electron chi connectivity index (χ1n) is 6.47. The highest BCUT2D eigenvalue weighted by Gasteiger charge is 2.21. The van der Waals surface area contributed by atoms with E-state index in [4.69, 9.17) is 4.74 Å². The molecule has 1 saturated carbocycles. The molecule has 0 radical (unpaired) electrons. The van der Waals surface area contributed by atoms with Crippen molar-refractivity contribution in [3.63, 3.8) is 0 Å². The molecule has 1 heterocycles. The first kappa shape index (κ1) is 12.2. The lowest BCUT2D eigenvalue weighted by Crippen LogP contribution is -2.41. The Morgan fingerprint density at radius 1 is 1.35 bits per heavy atom. The molecule has 2 aliphatic rings. The predicted octanol–water partition coefficient (Wildman–Crippen LogP) is 1.28. The fraction of sp³-hybridized carbons (Fsp3) is 0.833. The molecular formula is C12H20N2O3. The molecule has 96 valence electrons. The van der Waals surface area contributed by atoms with Crippen LogP contribution in [-0.4, -0.2) is 42.6 Å². The maximum Gasteiger partial charge on any atom is 0.409 e. The van der Waals surface area contributed by atoms with E-state index >= 15 is 0 Å². The molecule has 0 unspecified atom stereocenters. The second-order valence-corrected chi connectivity index (χ2v) is 4.75. The highest BCUT2D eigenvalue weighted by atomic mass is 16.6. The molecule has 0 spiro atoms. The Balaban J connectivity index is 1.66. The summed E-state index contributed by atoms with van der Waals surface area (Å²) in [7, 11) is 0. The van der Waals surface area contributed by atoms with Gasteiger partial charge in [-0.05, 0) is 19.3 Å². The lowest BCUT2D eigenvalue weighted by molar-refractivity contribution is -0.122. The first-order chi connectivity index (χ1) is 8.25. The largest absolute Gasteiger partial charge is 0.449 e. The summed E-state index contributed by atoms with van der Waals surface area (Å²) in [6.07, 6.45) is 5.56. The summed E-state index contributed by atoms with van der Waals surface area (Å²) in [5.74, 6) is 0.0512. The van der Waals surface area contributed by atoms with Crippen molar-refractivity contribution in [2.45, 2.75) is 44.6 Å². The third kappa shape index (κ3) is 3.61. The minimum Gasteiger partial charge on any atom is -0.449 e. The van der Waals surface area contributed by atoms with Crippen LogP contribution >= 0.6 is 0 Å². The highest BCUT2D eigenvalue weighted by molar-refractivity contribution is 5.77. The van der Waals surface area contributed by atoms with E-state index in [2.05, 4.69) is 5.32 Å². The van der Waals surface area contributed by atoms with Gasteiger partial charge >= 0.3 is 6.09 Å². The number of ether oxygens (including phenoxy) is 1. The number of hydrogen-bond donors (Lipinski definition) is 1. The lowest BCUT2D eigenvalue weighted by atomic mass is 10.2. The zero-order chi connectivity index (χ0) is 12.1. The number of carbonyl (C=O) groups is 2. The van der Waals surface area contributed by atoms with Crippen LogP contribution in [0.4, 0.5) is 4.79 Å². The van der Waals surface area contributed by atoms with E-state index in [-0.39, 0.29) is 12.0 Å². The lowest BCUT2D eigenvalue weighted by Gasteiger charge is -2.26. The molecule has 1 saturated heterocycles. The minimum atomic E-state index is -0.287. The molecule has 2 fully saturated rings. The second-order valence-electron chi connectivity index (χ2n) is 4.75. The van der Waals surface area contributed by atoms with Crippen molar-refractivity contribution < 1.29 is 14.3 Å². The molecular weight excluding hydrogens is 220 g/mol. The van der Waals surface area contributed by atoms with Gasteiger partial charge in [0.15, 0.2) is 0 Å². The van der Waals surface area contributed by atoms with Crippen LogP contribution in [0.5, 0.6) is 0 Å². The van der Waals surface area contributed by atoms with Crippen LogP contribution in [0.1, 0.15) is 38.5 Å². The topological polar surface area (TPSA) is 58.6 Å². The number of nitrogens with one attached hydrogen (secondary N) is 1. The smallest absolute Gasteiger partial charge is 0.409 e. The van der Waals surface area contributed by atoms with Crippen LogP contribution in [-0.2, 0) is 9.53 Å². The molecule has 0 aromatic carbocycles. The number of rotatable bonds is 4. The molecule has 1 aliphatic heterocycles. The number of amides is 2. The Kier molecular flexibility index (Phi) is 4.23. The van der Waals surface area contributed by atoms with Gasteiger partial charge in [-0.15, -0.1) is 0 Å². The van der Waals surface area contributed by atoms with Gasteiger partial charge in [0, 0.05) is 25.6 Å². The molecule has 0 bridgehead atoms. The molecule has 0 aromatic rings. The SMILES string of the molecule is O=C(CCN1CCCOC1=O)NC1CCCC1. The Bertz CT molecular complexity index is 287. The Labute approximate surface area is 101 Å². The molecule has 1 N–H and O–H groups in total. The molecule has 0 aromatic heterocycles. The van der Waals surface area contributed by atoms with E-state index in [9.17, 15) is 9.59 Å². The zero-order valence-corrected chi connectivity index (χ0v) is 10.1. The fourth-order valence-corrected chi connectivity index (χ4v) is 2.41. The average molecular weight is 240 g/mol. The van der Waals surface area contributed by atoms with Gasteiger partial charge < -0.3 is 15.0 Å². The van der Waals surface area contributed by atoms with Crippen molar-refractivity contribution in [1.29, 1.82) is 0 Å². The van der Waals surface area contributed by atoms with Crippen molar-refractivity contribution in [3.05, 3.63) is 0 Å². The van der Waals surface area contributed by atoms with Gasteiger partial charge in [0.2, 0.25) is 5.91 Å². The number of nitrogens with zero attached hydrogens (tertiary/aromatic N) is 1. The molecule has 5 heteroatoms. The van der Waals surface area contributed by atoms with Gasteiger partial charge in [0.25, 0.3) is 0 Å². The van der Waals surface area contributed by atoms with Crippen LogP contribution < -0.4 is 5.32 Å². The molecule has 2 rings (SSSR count). The summed E-state index contributed by atoms with van der Waals surface area (Å²) >= 11 is 0. The maximum atomic E-state index is 11.7. The molecule has 2 amide bonds. The van der Waals surface area contributed by atoms with Gasteiger partial charge in [0.05, 0.1) is 6.61 Å². The molecule has 17 heavy (non-hydrogen) atoms. The standard InChI is InChI=1S/C12H20N2O3/c15-11(13-10-4-1-2-5-10)6-8-14-7-3-9-17-12(14)16/h10H,1-9H2,(H,13,15). The summed E-state index contributed by atoms with van der Waals surface area (Å²) < 4.78 is 4.91. The van der Waals surface area contributed by atoms with E-state index in [1.165, 1.54) is 12.8 Å². The fourth-order valence-electron chi connectivity index (χ4n) is 2.41. The van der Waals surface area contributed by atoms with E-state index < -0.39 is 0 Å². The normalized spacial score (nSPS) is 21.4. The number of cyclic esters (lactones) is 1. The summed E-state index contributed by atoms with van der Waals surface area (Å²) in [4.78, 5) is 24.6. The average Bonchev–Trinajstić information content (AvgIpc) is 2.81. The van der Waals surface area contributed by atoms with Crippen LogP contribution in [0, 0.1) is 0 Å². The predicted molar refractivity (Wildman–Crippen MR) is 62.6 cm³/mol. The minimum absolute atomic E-state index is 0.0512. The van der Waals surface area contributed by atoms with E-state index in [1.54, 1.807) is 4.90 Å². The number of carbonyl (C=O) groups excluding carboxylic acids is 2. The van der Waals surface area contributed by atoms with E-state index in [0.717, 1.165) is 19.3 Å². The molecule has 1 aliphatic carbocycles. The Morgan fingerprint density at radius 2 is 2.12 bits per heavy atom. The van der Waals surface area contributed by atoms with Crippen molar-refractivity contribution in [3.8, 4) is 0 Å². The monoisotopic (exact) mass is 240 g/mol. The summed E-state index contributed by atoms with van der Waals surface area (Å²) in [5, 5.41) is 3.02. The Hall–Kier alpha value is -1.26. The quantitative estimate of drug-likeness (QED) is 0.805. The summed E-state index contributed by atoms with van der Waals surface area (Å²) in [6.45, 7) is 1.68. The first-order valence-corrected chi connectivity index (χ1v) is 6.47. The zero-order valence-electron chi connectivity index (χ0n) is 10.1. The van der Waals surface area contributed by atoms with Crippen molar-refractivity contribution in [1.82, 2.24) is 10.2 Å². The molecule has 5 nitrogen and oxygen atoms in total. The maximum absolute atomic E-state index is 11.7. The summed E-state index contributed by atoms with van der Waals surface area (Å²) in [5.41, 5.74) is 0. The van der Waals surface area contributed by atoms with Crippen LogP contribution in [0.3, 0.4) is 0 Å². The van der Waals surface area contributed by atoms with Crippen molar-refractivity contribution in [2.75, 3.05) is 19.7 Å². The molecule has 0 atom stereocenters. The van der Waals surface area contributed by atoms with Gasteiger partial charge in [-0.25, -0.2) is 4.79 Å². The van der Waals surface area contributed by atoms with Crippen LogP contribution in [0.2, 0.25) is 0 Å². The van der Waals surface area contributed by atoms with Crippen LogP contribution in [0.15, 0.2) is 0 Å². The Morgan fingerprint density at radius 3 is 2.82 bits per heavy atom. The highest BCUT2D eigenvalue weighted by Crippen LogP contribution is 2.17. The van der Waals surface area contributed by atoms with Gasteiger partial charge in [-0.3, -0.25) is 4.79 Å². The van der Waals surface area contributed by atoms with Crippen LogP contribution in [0.25, 0.3) is 0 Å². The van der Waals surface area contributed by atoms with Crippen molar-refractivity contribution >= 4 is 12.0 Å². The number of hydrogen-bond acceptors (Lipinski definition) is 3. The second kappa shape index (κ2) is 5.89. The third-order valence-corrected chi connectivity index (χ3v) is 3.39. The van der Waals surface area contributed by atoms with Gasteiger partial charge in [-0.1, -0.05) is 12.8 Å².